The molecule has 0 atom stereocenters. The van der Waals surface area contributed by atoms with Crippen LogP contribution >= 0.6 is 0 Å². The van der Waals surface area contributed by atoms with Gasteiger partial charge in [0, 0.05) is 19.7 Å². The van der Waals surface area contributed by atoms with Gasteiger partial charge < -0.3 is 9.32 Å². The summed E-state index contributed by atoms with van der Waals surface area (Å²) in [6.07, 6.45) is 0. The number of carbonyl (C=O) groups excluding carboxylic acids is 1. The van der Waals surface area contributed by atoms with Crippen LogP contribution < -0.4 is 0 Å². The second-order valence-corrected chi connectivity index (χ2v) is 7.23. The van der Waals surface area contributed by atoms with Gasteiger partial charge in [-0.1, -0.05) is 4.47 Å². The first-order chi connectivity index (χ1) is 11.3. The maximum atomic E-state index is 12.4. The SMILES string of the molecule is CON(C)S(=O)(=O)c1ccc(C(=O)N(C)Cc2ccc(C)o2)cc1. The van der Waals surface area contributed by atoms with E-state index in [0.29, 0.717) is 17.9 Å². The van der Waals surface area contributed by atoms with Crippen LogP contribution in [-0.4, -0.2) is 44.9 Å². The van der Waals surface area contributed by atoms with Crippen LogP contribution in [0.5, 0.6) is 0 Å². The molecule has 0 aliphatic rings. The zero-order valence-electron chi connectivity index (χ0n) is 14.0. The summed E-state index contributed by atoms with van der Waals surface area (Å²) in [6.45, 7) is 2.17. The second-order valence-electron chi connectivity index (χ2n) is 5.30. The van der Waals surface area contributed by atoms with E-state index in [1.165, 1.54) is 43.3 Å². The molecule has 0 saturated heterocycles. The summed E-state index contributed by atoms with van der Waals surface area (Å²) in [5.74, 6) is 1.24. The first kappa shape index (κ1) is 18.2. The Morgan fingerprint density at radius 2 is 1.75 bits per heavy atom. The first-order valence-corrected chi connectivity index (χ1v) is 8.63. The number of carbonyl (C=O) groups is 1. The van der Waals surface area contributed by atoms with E-state index in [0.717, 1.165) is 10.2 Å². The Morgan fingerprint density at radius 3 is 2.25 bits per heavy atom. The van der Waals surface area contributed by atoms with Crippen LogP contribution in [0.25, 0.3) is 0 Å². The van der Waals surface area contributed by atoms with E-state index in [4.69, 9.17) is 9.25 Å². The van der Waals surface area contributed by atoms with E-state index in [2.05, 4.69) is 0 Å². The van der Waals surface area contributed by atoms with Gasteiger partial charge in [-0.3, -0.25) is 9.63 Å². The minimum atomic E-state index is -3.73. The molecule has 1 heterocycles. The maximum absolute atomic E-state index is 12.4. The highest BCUT2D eigenvalue weighted by Crippen LogP contribution is 2.17. The van der Waals surface area contributed by atoms with Crippen molar-refractivity contribution in [2.24, 2.45) is 0 Å². The van der Waals surface area contributed by atoms with Crippen molar-refractivity contribution in [2.45, 2.75) is 18.4 Å². The predicted molar refractivity (Wildman–Crippen MR) is 87.6 cm³/mol. The molecular formula is C16H20N2O5S. The number of aryl methyl sites for hydroxylation is 1. The third-order valence-electron chi connectivity index (χ3n) is 3.53. The summed E-state index contributed by atoms with van der Waals surface area (Å²) in [7, 11) is 0.494. The normalized spacial score (nSPS) is 11.7. The molecular weight excluding hydrogens is 332 g/mol. The van der Waals surface area contributed by atoms with Crippen molar-refractivity contribution >= 4 is 15.9 Å². The van der Waals surface area contributed by atoms with Crippen LogP contribution in [0.1, 0.15) is 21.9 Å². The highest BCUT2D eigenvalue weighted by atomic mass is 32.2. The Balaban J connectivity index is 2.13. The van der Waals surface area contributed by atoms with Crippen LogP contribution in [0.15, 0.2) is 45.7 Å². The van der Waals surface area contributed by atoms with E-state index >= 15 is 0 Å². The fourth-order valence-corrected chi connectivity index (χ4v) is 3.09. The smallest absolute Gasteiger partial charge is 0.264 e. The molecule has 7 nitrogen and oxygen atoms in total. The maximum Gasteiger partial charge on any atom is 0.264 e. The van der Waals surface area contributed by atoms with Crippen LogP contribution in [0.3, 0.4) is 0 Å². The average molecular weight is 352 g/mol. The fourth-order valence-electron chi connectivity index (χ4n) is 2.11. The topological polar surface area (TPSA) is 80.1 Å². The standard InChI is InChI=1S/C16H20N2O5S/c1-12-5-8-14(23-12)11-17(2)16(19)13-6-9-15(10-7-13)24(20,21)18(3)22-4/h5-10H,11H2,1-4H3. The number of amides is 1. The van der Waals surface area contributed by atoms with Gasteiger partial charge in [0.2, 0.25) is 0 Å². The molecule has 2 rings (SSSR count). The molecule has 0 N–H and O–H groups in total. The molecule has 24 heavy (non-hydrogen) atoms. The van der Waals surface area contributed by atoms with E-state index in [-0.39, 0.29) is 10.8 Å². The van der Waals surface area contributed by atoms with Crippen molar-refractivity contribution < 1.29 is 22.5 Å². The molecule has 0 aliphatic carbocycles. The van der Waals surface area contributed by atoms with Gasteiger partial charge in [-0.25, -0.2) is 8.42 Å². The number of hydroxylamine groups is 1. The van der Waals surface area contributed by atoms with Crippen LogP contribution in [0.4, 0.5) is 0 Å². The summed E-state index contributed by atoms with van der Waals surface area (Å²) in [5.41, 5.74) is 0.389. The molecule has 0 bridgehead atoms. The van der Waals surface area contributed by atoms with Gasteiger partial charge in [-0.2, -0.15) is 0 Å². The van der Waals surface area contributed by atoms with Crippen molar-refractivity contribution in [3.8, 4) is 0 Å². The van der Waals surface area contributed by atoms with Crippen molar-refractivity contribution in [3.63, 3.8) is 0 Å². The molecule has 0 fully saturated rings. The molecule has 0 saturated carbocycles. The van der Waals surface area contributed by atoms with E-state index in [1.54, 1.807) is 7.05 Å². The molecule has 1 aromatic carbocycles. The average Bonchev–Trinajstić information content (AvgIpc) is 2.98. The molecule has 2 aromatic rings. The Labute approximate surface area is 141 Å². The first-order valence-electron chi connectivity index (χ1n) is 7.19. The van der Waals surface area contributed by atoms with Gasteiger partial charge in [0.25, 0.3) is 15.9 Å². The molecule has 0 radical (unpaired) electrons. The molecule has 0 aliphatic heterocycles. The Bertz CT molecular complexity index is 811. The molecule has 130 valence electrons. The van der Waals surface area contributed by atoms with Gasteiger partial charge >= 0.3 is 0 Å². The molecule has 1 amide bonds. The van der Waals surface area contributed by atoms with Gasteiger partial charge in [0.15, 0.2) is 0 Å². The minimum absolute atomic E-state index is 0.0488. The highest BCUT2D eigenvalue weighted by Gasteiger charge is 2.21. The van der Waals surface area contributed by atoms with Crippen molar-refractivity contribution in [1.82, 2.24) is 9.37 Å². The number of hydrogen-bond acceptors (Lipinski definition) is 5. The lowest BCUT2D eigenvalue weighted by molar-refractivity contribution is -0.0258. The molecule has 0 unspecified atom stereocenters. The largest absolute Gasteiger partial charge is 0.464 e. The van der Waals surface area contributed by atoms with Crippen LogP contribution in [-0.2, 0) is 21.4 Å². The van der Waals surface area contributed by atoms with Crippen molar-refractivity contribution in [3.05, 3.63) is 53.5 Å². The summed E-state index contributed by atoms with van der Waals surface area (Å²) in [4.78, 5) is 18.7. The van der Waals surface area contributed by atoms with Gasteiger partial charge in [-0.05, 0) is 43.3 Å². The number of nitrogens with zero attached hydrogens (tertiary/aromatic N) is 2. The summed E-state index contributed by atoms with van der Waals surface area (Å²) in [5, 5.41) is 0. The number of hydrogen-bond donors (Lipinski definition) is 0. The summed E-state index contributed by atoms with van der Waals surface area (Å²) >= 11 is 0. The van der Waals surface area contributed by atoms with E-state index in [9.17, 15) is 13.2 Å². The number of sulfonamides is 1. The number of benzene rings is 1. The quantitative estimate of drug-likeness (QED) is 0.743. The third-order valence-corrected chi connectivity index (χ3v) is 5.22. The Hall–Kier alpha value is -2.16. The molecule has 8 heteroatoms. The van der Waals surface area contributed by atoms with Gasteiger partial charge in [-0.15, -0.1) is 0 Å². The monoisotopic (exact) mass is 352 g/mol. The Morgan fingerprint density at radius 1 is 1.12 bits per heavy atom. The second kappa shape index (κ2) is 7.16. The minimum Gasteiger partial charge on any atom is -0.464 e. The molecule has 0 spiro atoms. The van der Waals surface area contributed by atoms with Crippen molar-refractivity contribution in [2.75, 3.05) is 21.2 Å². The Kier molecular flexibility index (Phi) is 5.43. The lowest BCUT2D eigenvalue weighted by Crippen LogP contribution is -2.27. The number of furan rings is 1. The van der Waals surface area contributed by atoms with Crippen molar-refractivity contribution in [1.29, 1.82) is 0 Å². The van der Waals surface area contributed by atoms with Crippen LogP contribution in [0, 0.1) is 6.92 Å². The predicted octanol–water partition coefficient (Wildman–Crippen LogP) is 2.04. The molecule has 1 aromatic heterocycles. The van der Waals surface area contributed by atoms with E-state index in [1.807, 2.05) is 19.1 Å². The lowest BCUT2D eigenvalue weighted by atomic mass is 10.2. The zero-order valence-corrected chi connectivity index (χ0v) is 14.8. The highest BCUT2D eigenvalue weighted by molar-refractivity contribution is 7.89. The summed E-state index contributed by atoms with van der Waals surface area (Å²) in [6, 6.07) is 9.35. The number of rotatable bonds is 6. The fraction of sp³-hybridized carbons (Fsp3) is 0.312. The third kappa shape index (κ3) is 3.84. The van der Waals surface area contributed by atoms with Gasteiger partial charge in [0.1, 0.15) is 11.5 Å². The zero-order chi connectivity index (χ0) is 17.9. The van der Waals surface area contributed by atoms with E-state index < -0.39 is 10.0 Å². The van der Waals surface area contributed by atoms with Crippen LogP contribution in [0.2, 0.25) is 0 Å². The summed E-state index contributed by atoms with van der Waals surface area (Å²) < 4.78 is 30.4. The van der Waals surface area contributed by atoms with Gasteiger partial charge in [0.05, 0.1) is 18.6 Å². The lowest BCUT2D eigenvalue weighted by Gasteiger charge is -2.17.